The predicted molar refractivity (Wildman–Crippen MR) is 120 cm³/mol. The number of benzene rings is 2. The lowest BCUT2D eigenvalue weighted by Crippen LogP contribution is -2.33. The predicted octanol–water partition coefficient (Wildman–Crippen LogP) is 2.39. The van der Waals surface area contributed by atoms with Gasteiger partial charge in [-0.1, -0.05) is 36.4 Å². The lowest BCUT2D eigenvalue weighted by molar-refractivity contribution is -0.383. The van der Waals surface area contributed by atoms with Gasteiger partial charge in [-0.15, -0.1) is 0 Å². The van der Waals surface area contributed by atoms with Crippen LogP contribution in [0.4, 0.5) is 17.3 Å². The normalized spacial score (nSPS) is 10.7. The molecule has 0 saturated heterocycles. The number of hydrazine groups is 1. The van der Waals surface area contributed by atoms with Crippen LogP contribution in [-0.4, -0.2) is 61.3 Å². The molecule has 0 aliphatic rings. The highest BCUT2D eigenvalue weighted by molar-refractivity contribution is 6.07. The van der Waals surface area contributed by atoms with Crippen LogP contribution in [0.15, 0.2) is 48.8 Å². The van der Waals surface area contributed by atoms with E-state index >= 15 is 0 Å². The third-order valence-corrected chi connectivity index (χ3v) is 4.74. The summed E-state index contributed by atoms with van der Waals surface area (Å²) in [6.07, 6.45) is 1.20. The molecule has 0 atom stereocenters. The topological polar surface area (TPSA) is 132 Å². The van der Waals surface area contributed by atoms with E-state index in [1.807, 2.05) is 30.3 Å². The number of aromatic nitrogens is 2. The fourth-order valence-corrected chi connectivity index (χ4v) is 3.19. The fourth-order valence-electron chi connectivity index (χ4n) is 3.19. The SMILES string of the molecule is COCCN(CCOC)c1ncnc(NNC(=O)c2cccc3ccccc23)c1[N+](=O)[O-]. The number of fused-ring (bicyclic) bond motifs is 1. The van der Waals surface area contributed by atoms with Gasteiger partial charge in [0.2, 0.25) is 11.6 Å². The van der Waals surface area contributed by atoms with Crippen molar-refractivity contribution < 1.29 is 19.2 Å². The van der Waals surface area contributed by atoms with E-state index in [2.05, 4.69) is 20.8 Å². The minimum atomic E-state index is -0.589. The summed E-state index contributed by atoms with van der Waals surface area (Å²) in [6.45, 7) is 1.40. The third kappa shape index (κ3) is 5.25. The van der Waals surface area contributed by atoms with Gasteiger partial charge in [-0.05, 0) is 16.8 Å². The second-order valence-corrected chi connectivity index (χ2v) is 6.73. The lowest BCUT2D eigenvalue weighted by Gasteiger charge is -2.23. The first kappa shape index (κ1) is 22.8. The van der Waals surface area contributed by atoms with Gasteiger partial charge < -0.3 is 14.4 Å². The Balaban J connectivity index is 1.86. The van der Waals surface area contributed by atoms with E-state index < -0.39 is 10.8 Å². The van der Waals surface area contributed by atoms with Crippen molar-refractivity contribution in [3.8, 4) is 0 Å². The Kier molecular flexibility index (Phi) is 7.84. The molecule has 2 aromatic carbocycles. The minimum Gasteiger partial charge on any atom is -0.383 e. The Bertz CT molecular complexity index is 1080. The summed E-state index contributed by atoms with van der Waals surface area (Å²) in [6, 6.07) is 12.8. The van der Waals surface area contributed by atoms with Gasteiger partial charge in [-0.2, -0.15) is 0 Å². The number of carbonyl (C=O) groups excluding carboxylic acids is 1. The van der Waals surface area contributed by atoms with Crippen LogP contribution in [0.25, 0.3) is 10.8 Å². The maximum atomic E-state index is 12.8. The number of nitrogens with zero attached hydrogens (tertiary/aromatic N) is 4. The van der Waals surface area contributed by atoms with Gasteiger partial charge in [0.1, 0.15) is 6.33 Å². The molecule has 11 nitrogen and oxygen atoms in total. The maximum Gasteiger partial charge on any atom is 0.355 e. The van der Waals surface area contributed by atoms with E-state index in [4.69, 9.17) is 9.47 Å². The van der Waals surface area contributed by atoms with Crippen LogP contribution < -0.4 is 15.8 Å². The number of hydrogen-bond donors (Lipinski definition) is 2. The molecule has 0 bridgehead atoms. The summed E-state index contributed by atoms with van der Waals surface area (Å²) < 4.78 is 10.2. The number of anilines is 2. The summed E-state index contributed by atoms with van der Waals surface area (Å²) >= 11 is 0. The van der Waals surface area contributed by atoms with Crippen LogP contribution in [-0.2, 0) is 9.47 Å². The van der Waals surface area contributed by atoms with Gasteiger partial charge in [0.05, 0.1) is 18.1 Å². The molecular formula is C21H24N6O5. The summed E-state index contributed by atoms with van der Waals surface area (Å²) in [5.74, 6) is -0.485. The Labute approximate surface area is 184 Å². The van der Waals surface area contributed by atoms with Crippen LogP contribution in [0.2, 0.25) is 0 Å². The van der Waals surface area contributed by atoms with Crippen molar-refractivity contribution in [3.05, 3.63) is 64.5 Å². The molecule has 0 radical (unpaired) electrons. The molecule has 1 heterocycles. The van der Waals surface area contributed by atoms with Crippen molar-refractivity contribution in [2.45, 2.75) is 0 Å². The number of carbonyl (C=O) groups is 1. The van der Waals surface area contributed by atoms with E-state index in [1.165, 1.54) is 6.33 Å². The number of hydrogen-bond acceptors (Lipinski definition) is 9. The second kappa shape index (κ2) is 11.0. The highest BCUT2D eigenvalue weighted by Crippen LogP contribution is 2.31. The van der Waals surface area contributed by atoms with Crippen molar-refractivity contribution in [2.75, 3.05) is 50.8 Å². The van der Waals surface area contributed by atoms with E-state index in [1.54, 1.807) is 31.3 Å². The molecule has 3 aromatic rings. The molecule has 0 unspecified atom stereocenters. The van der Waals surface area contributed by atoms with Crippen LogP contribution in [0, 0.1) is 10.1 Å². The molecule has 3 rings (SSSR count). The first-order valence-electron chi connectivity index (χ1n) is 9.83. The minimum absolute atomic E-state index is 0.0982. The zero-order chi connectivity index (χ0) is 22.9. The summed E-state index contributed by atoms with van der Waals surface area (Å²) in [5, 5.41) is 13.5. The van der Waals surface area contributed by atoms with Gasteiger partial charge in [0, 0.05) is 32.9 Å². The van der Waals surface area contributed by atoms with Crippen molar-refractivity contribution in [1.29, 1.82) is 0 Å². The zero-order valence-corrected chi connectivity index (χ0v) is 17.8. The Morgan fingerprint density at radius 1 is 1.06 bits per heavy atom. The van der Waals surface area contributed by atoms with Crippen molar-refractivity contribution in [3.63, 3.8) is 0 Å². The molecule has 0 aliphatic heterocycles. The highest BCUT2D eigenvalue weighted by atomic mass is 16.6. The molecule has 1 amide bonds. The van der Waals surface area contributed by atoms with Gasteiger partial charge in [-0.3, -0.25) is 25.8 Å². The van der Waals surface area contributed by atoms with Crippen molar-refractivity contribution >= 4 is 34.0 Å². The fraction of sp³-hybridized carbons (Fsp3) is 0.286. The number of nitro groups is 1. The summed E-state index contributed by atoms with van der Waals surface area (Å²) in [7, 11) is 3.08. The number of ether oxygens (including phenoxy) is 2. The monoisotopic (exact) mass is 440 g/mol. The van der Waals surface area contributed by atoms with Crippen molar-refractivity contribution in [2.24, 2.45) is 0 Å². The number of amides is 1. The van der Waals surface area contributed by atoms with Gasteiger partial charge >= 0.3 is 5.69 Å². The van der Waals surface area contributed by atoms with Gasteiger partial charge in [-0.25, -0.2) is 9.97 Å². The van der Waals surface area contributed by atoms with E-state index in [0.29, 0.717) is 31.9 Å². The largest absolute Gasteiger partial charge is 0.383 e. The second-order valence-electron chi connectivity index (χ2n) is 6.73. The molecule has 1 aromatic heterocycles. The average Bonchev–Trinajstić information content (AvgIpc) is 2.82. The number of methoxy groups -OCH3 is 2. The van der Waals surface area contributed by atoms with Gasteiger partial charge in [0.25, 0.3) is 5.91 Å². The molecule has 2 N–H and O–H groups in total. The zero-order valence-electron chi connectivity index (χ0n) is 17.8. The van der Waals surface area contributed by atoms with Crippen molar-refractivity contribution in [1.82, 2.24) is 15.4 Å². The highest BCUT2D eigenvalue weighted by Gasteiger charge is 2.27. The van der Waals surface area contributed by atoms with Crippen LogP contribution in [0.3, 0.4) is 0 Å². The molecule has 168 valence electrons. The number of nitrogens with one attached hydrogen (secondary N) is 2. The average molecular weight is 440 g/mol. The Morgan fingerprint density at radius 2 is 1.75 bits per heavy atom. The third-order valence-electron chi connectivity index (χ3n) is 4.74. The maximum absolute atomic E-state index is 12.8. The first-order valence-corrected chi connectivity index (χ1v) is 9.83. The van der Waals surface area contributed by atoms with Crippen LogP contribution in [0.1, 0.15) is 10.4 Å². The van der Waals surface area contributed by atoms with Crippen LogP contribution in [0.5, 0.6) is 0 Å². The standard InChI is InChI=1S/C21H24N6O5/c1-31-12-10-26(11-13-32-2)20-18(27(29)30)19(22-14-23-20)24-25-21(28)17-9-5-7-15-6-3-4-8-16(15)17/h3-9,14H,10-13H2,1-2H3,(H,25,28)(H,22,23,24). The van der Waals surface area contributed by atoms with Crippen LogP contribution >= 0.6 is 0 Å². The summed E-state index contributed by atoms with van der Waals surface area (Å²) in [5.41, 5.74) is 5.15. The molecule has 0 aliphatic carbocycles. The molecule has 0 fully saturated rings. The molecular weight excluding hydrogens is 416 g/mol. The van der Waals surface area contributed by atoms with E-state index in [0.717, 1.165) is 10.8 Å². The first-order chi connectivity index (χ1) is 15.6. The summed E-state index contributed by atoms with van der Waals surface area (Å²) in [4.78, 5) is 33.8. The quantitative estimate of drug-likeness (QED) is 0.341. The Morgan fingerprint density at radius 3 is 2.44 bits per heavy atom. The van der Waals surface area contributed by atoms with Gasteiger partial charge in [0.15, 0.2) is 0 Å². The Hall–Kier alpha value is -3.83. The lowest BCUT2D eigenvalue weighted by atomic mass is 10.0. The molecule has 0 spiro atoms. The molecule has 11 heteroatoms. The number of rotatable bonds is 11. The molecule has 0 saturated carbocycles. The smallest absolute Gasteiger partial charge is 0.355 e. The van der Waals surface area contributed by atoms with E-state index in [9.17, 15) is 14.9 Å². The van der Waals surface area contributed by atoms with E-state index in [-0.39, 0.29) is 17.3 Å². The molecule has 32 heavy (non-hydrogen) atoms.